The molecule has 1 heterocycles. The number of nitro groups is 1. The van der Waals surface area contributed by atoms with Crippen molar-refractivity contribution in [2.45, 2.75) is 6.54 Å². The van der Waals surface area contributed by atoms with Crippen LogP contribution < -0.4 is 9.30 Å². The van der Waals surface area contributed by atoms with Crippen LogP contribution in [0.1, 0.15) is 0 Å². The smallest absolute Gasteiger partial charge is 0.269 e. The highest BCUT2D eigenvalue weighted by Crippen LogP contribution is 2.17. The van der Waals surface area contributed by atoms with E-state index >= 15 is 0 Å². The molecule has 0 aliphatic rings. The topological polar surface area (TPSA) is 237 Å². The first kappa shape index (κ1) is 68.0. The van der Waals surface area contributed by atoms with E-state index in [0.717, 1.165) is 6.54 Å². The van der Waals surface area contributed by atoms with E-state index in [0.29, 0.717) is 263 Å². The zero-order valence-corrected chi connectivity index (χ0v) is 44.6. The number of aromatic nitrogens is 2. The summed E-state index contributed by atoms with van der Waals surface area (Å²) in [4.78, 5) is 10.2. The Kier molecular flexibility index (Phi) is 50.4. The summed E-state index contributed by atoms with van der Waals surface area (Å²) in [5, 5.41) is 10.7. The molecular weight excluding hydrogens is 995 g/mol. The van der Waals surface area contributed by atoms with Crippen LogP contribution >= 0.6 is 0 Å². The zero-order valence-electron chi connectivity index (χ0n) is 44.6. The van der Waals surface area contributed by atoms with Crippen molar-refractivity contribution in [3.63, 3.8) is 0 Å². The molecule has 0 atom stereocenters. The standard InChI is InChI=1S/C50H90N3O22/c1-51-6-7-52(48-51)8-9-56-10-11-57-12-13-58-14-15-59-16-17-60-18-19-61-20-21-62-22-23-63-24-25-64-26-27-65-28-29-66-30-31-67-32-33-68-34-35-69-36-37-70-38-39-71-40-41-72-42-43-73-44-45-74-46-47-75-50-4-2-49(3-5-50)53(54)55/h2-7,48H,8-47H2,1H3/q+1. The van der Waals surface area contributed by atoms with E-state index in [4.69, 9.17) is 94.7 Å². The lowest BCUT2D eigenvalue weighted by Crippen LogP contribution is -2.24. The lowest BCUT2D eigenvalue weighted by Gasteiger charge is -2.09. The summed E-state index contributed by atoms with van der Waals surface area (Å²) in [5.41, 5.74) is 0.0209. The van der Waals surface area contributed by atoms with Crippen LogP contribution in [0.3, 0.4) is 0 Å². The Morgan fingerprint density at radius 1 is 0.347 bits per heavy atom. The molecule has 1 aromatic heterocycles. The molecule has 0 amide bonds. The summed E-state index contributed by atoms with van der Waals surface area (Å²) in [6, 6.07) is 5.90. The van der Waals surface area contributed by atoms with E-state index in [-0.39, 0.29) is 5.69 Å². The molecule has 0 fully saturated rings. The molecule has 0 saturated heterocycles. The van der Waals surface area contributed by atoms with E-state index in [2.05, 4.69) is 4.57 Å². The maximum absolute atomic E-state index is 10.7. The quantitative estimate of drug-likeness (QED) is 0.0396. The molecule has 0 unspecified atom stereocenters. The highest BCUT2D eigenvalue weighted by molar-refractivity contribution is 5.35. The van der Waals surface area contributed by atoms with E-state index in [1.807, 2.05) is 30.3 Å². The molecule has 25 heteroatoms. The maximum atomic E-state index is 10.7. The fourth-order valence-corrected chi connectivity index (χ4v) is 5.75. The third-order valence-electron chi connectivity index (χ3n) is 9.56. The molecule has 0 saturated carbocycles. The van der Waals surface area contributed by atoms with Gasteiger partial charge in [-0.2, -0.15) is 0 Å². The molecule has 2 aromatic rings. The van der Waals surface area contributed by atoms with Crippen molar-refractivity contribution < 1.29 is 104 Å². The third kappa shape index (κ3) is 48.9. The largest absolute Gasteiger partial charge is 0.491 e. The minimum Gasteiger partial charge on any atom is -0.491 e. The van der Waals surface area contributed by atoms with Gasteiger partial charge in [0, 0.05) is 12.1 Å². The SMILES string of the molecule is C[n+]1ccn(CCOCCOCCOCCOCCOCCOCCOCCOCCOCCOCCOCCOCCOCCOCCOCCOCCOCCOCCOCCOc2ccc([N+](=O)[O-])cc2)c1. The minimum atomic E-state index is -0.453. The van der Waals surface area contributed by atoms with Gasteiger partial charge in [0.15, 0.2) is 0 Å². The lowest BCUT2D eigenvalue weighted by molar-refractivity contribution is -0.671. The zero-order chi connectivity index (χ0) is 53.3. The van der Waals surface area contributed by atoms with Gasteiger partial charge < -0.3 is 94.7 Å². The van der Waals surface area contributed by atoms with Crippen LogP contribution in [0, 0.1) is 10.1 Å². The summed E-state index contributed by atoms with van der Waals surface area (Å²) < 4.78 is 114. The maximum Gasteiger partial charge on any atom is 0.269 e. The highest BCUT2D eigenvalue weighted by Gasteiger charge is 2.05. The fourth-order valence-electron chi connectivity index (χ4n) is 5.75. The second-order valence-electron chi connectivity index (χ2n) is 15.6. The number of hydrogen-bond acceptors (Lipinski definition) is 22. The van der Waals surface area contributed by atoms with Gasteiger partial charge in [0.2, 0.25) is 6.33 Å². The second-order valence-corrected chi connectivity index (χ2v) is 15.6. The summed E-state index contributed by atoms with van der Waals surface area (Å²) in [6.45, 7) is 19.7. The molecule has 0 radical (unpaired) electrons. The van der Waals surface area contributed by atoms with Crippen molar-refractivity contribution in [2.75, 3.05) is 258 Å². The Morgan fingerprint density at radius 2 is 0.560 bits per heavy atom. The molecule has 1 aromatic carbocycles. The van der Waals surface area contributed by atoms with Crippen LogP contribution in [0.15, 0.2) is 43.0 Å². The number of rotatable bonds is 62. The van der Waals surface area contributed by atoms with Gasteiger partial charge in [-0.15, -0.1) is 0 Å². The first-order chi connectivity index (χ1) is 37.1. The van der Waals surface area contributed by atoms with Crippen molar-refractivity contribution >= 4 is 5.69 Å². The molecule has 0 bridgehead atoms. The minimum absolute atomic E-state index is 0.0209. The third-order valence-corrected chi connectivity index (χ3v) is 9.56. The summed E-state index contributed by atoms with van der Waals surface area (Å²) in [7, 11) is 1.99. The monoisotopic (exact) mass is 1080 g/mol. The molecule has 0 aliphatic heterocycles. The molecule has 25 nitrogen and oxygen atoms in total. The van der Waals surface area contributed by atoms with Gasteiger partial charge in [-0.3, -0.25) is 10.1 Å². The fraction of sp³-hybridized carbons (Fsp3) is 0.820. The second kappa shape index (κ2) is 55.6. The Bertz CT molecular complexity index is 1470. The van der Waals surface area contributed by atoms with E-state index < -0.39 is 4.92 Å². The van der Waals surface area contributed by atoms with Crippen LogP contribution in [0.5, 0.6) is 5.75 Å². The number of ether oxygens (including phenoxy) is 20. The average Bonchev–Trinajstić information content (AvgIpc) is 3.84. The number of benzene rings is 1. The first-order valence-electron chi connectivity index (χ1n) is 26.0. The Labute approximate surface area is 443 Å². The van der Waals surface area contributed by atoms with Crippen LogP contribution in [-0.2, 0) is 104 Å². The van der Waals surface area contributed by atoms with Gasteiger partial charge in [0.05, 0.1) is 263 Å². The Morgan fingerprint density at radius 3 is 0.760 bits per heavy atom. The van der Waals surface area contributed by atoms with Crippen LogP contribution in [-0.4, -0.2) is 267 Å². The molecule has 0 spiro atoms. The van der Waals surface area contributed by atoms with Gasteiger partial charge in [-0.1, -0.05) is 0 Å². The molecule has 75 heavy (non-hydrogen) atoms. The number of non-ortho nitro benzene ring substituents is 1. The Balaban J connectivity index is 1.10. The van der Waals surface area contributed by atoms with Crippen molar-refractivity contribution in [2.24, 2.45) is 7.05 Å². The average molecular weight is 1090 g/mol. The summed E-state index contributed by atoms with van der Waals surface area (Å²) in [5.74, 6) is 0.551. The van der Waals surface area contributed by atoms with Crippen molar-refractivity contribution in [3.05, 3.63) is 53.1 Å². The number of aryl methyl sites for hydroxylation is 1. The molecule has 0 aliphatic carbocycles. The van der Waals surface area contributed by atoms with Crippen molar-refractivity contribution in [1.29, 1.82) is 0 Å². The highest BCUT2D eigenvalue weighted by atomic mass is 16.6. The van der Waals surface area contributed by atoms with Crippen molar-refractivity contribution in [1.82, 2.24) is 4.57 Å². The van der Waals surface area contributed by atoms with Crippen LogP contribution in [0.25, 0.3) is 0 Å². The molecular formula is C50H90N3O22+. The van der Waals surface area contributed by atoms with E-state index in [1.54, 1.807) is 12.1 Å². The molecule has 436 valence electrons. The normalized spacial score (nSPS) is 11.6. The van der Waals surface area contributed by atoms with Crippen LogP contribution in [0.4, 0.5) is 5.69 Å². The van der Waals surface area contributed by atoms with Gasteiger partial charge >= 0.3 is 0 Å². The Hall–Kier alpha value is -3.13. The molecule has 0 N–H and O–H groups in total. The number of imidazole rings is 1. The van der Waals surface area contributed by atoms with Gasteiger partial charge in [0.25, 0.3) is 5.69 Å². The van der Waals surface area contributed by atoms with Gasteiger partial charge in [-0.05, 0) is 12.1 Å². The summed E-state index contributed by atoms with van der Waals surface area (Å²) >= 11 is 0. The van der Waals surface area contributed by atoms with Crippen LogP contribution in [0.2, 0.25) is 0 Å². The first-order valence-corrected chi connectivity index (χ1v) is 26.0. The summed E-state index contributed by atoms with van der Waals surface area (Å²) in [6.07, 6.45) is 6.03. The molecule has 2 rings (SSSR count). The number of nitro benzene ring substituents is 1. The van der Waals surface area contributed by atoms with Gasteiger partial charge in [-0.25, -0.2) is 9.13 Å². The van der Waals surface area contributed by atoms with E-state index in [1.165, 1.54) is 12.1 Å². The predicted molar refractivity (Wildman–Crippen MR) is 270 cm³/mol. The number of hydrogen-bond donors (Lipinski definition) is 0. The van der Waals surface area contributed by atoms with Crippen molar-refractivity contribution in [3.8, 4) is 5.75 Å². The number of nitrogens with zero attached hydrogens (tertiary/aromatic N) is 3. The predicted octanol–water partition coefficient (Wildman–Crippen LogP) is 1.62. The van der Waals surface area contributed by atoms with E-state index in [9.17, 15) is 10.1 Å². The van der Waals surface area contributed by atoms with Gasteiger partial charge in [0.1, 0.15) is 31.3 Å². The lowest BCUT2D eigenvalue weighted by atomic mass is 10.3.